The minimum atomic E-state index is -4.69. The standard InChI is InChI=1S/C14H17F4N3O2/c15-10-5-9(14(16,17)18)6-11(7-10)20-13(22)21-3-4-23-12(8-21)1-2-19/h5-7,12H,1-4,8,19H2,(H,20,22). The van der Waals surface area contributed by atoms with Gasteiger partial charge in [-0.25, -0.2) is 9.18 Å². The van der Waals surface area contributed by atoms with E-state index in [9.17, 15) is 22.4 Å². The Bertz CT molecular complexity index is 563. The van der Waals surface area contributed by atoms with Crippen LogP contribution in [-0.4, -0.2) is 43.3 Å². The number of ether oxygens (including phenoxy) is 1. The number of hydrogen-bond acceptors (Lipinski definition) is 3. The van der Waals surface area contributed by atoms with Gasteiger partial charge in [-0.3, -0.25) is 0 Å². The van der Waals surface area contributed by atoms with Crippen molar-refractivity contribution in [2.24, 2.45) is 5.73 Å². The van der Waals surface area contributed by atoms with E-state index in [2.05, 4.69) is 5.32 Å². The number of halogens is 4. The van der Waals surface area contributed by atoms with Gasteiger partial charge < -0.3 is 20.7 Å². The van der Waals surface area contributed by atoms with Crippen LogP contribution in [0.4, 0.5) is 28.0 Å². The summed E-state index contributed by atoms with van der Waals surface area (Å²) in [6, 6.07) is 1.31. The molecule has 0 radical (unpaired) electrons. The van der Waals surface area contributed by atoms with E-state index in [1.165, 1.54) is 4.90 Å². The van der Waals surface area contributed by atoms with Crippen molar-refractivity contribution in [3.05, 3.63) is 29.6 Å². The highest BCUT2D eigenvalue weighted by molar-refractivity contribution is 5.89. The topological polar surface area (TPSA) is 67.6 Å². The molecule has 0 spiro atoms. The van der Waals surface area contributed by atoms with Crippen molar-refractivity contribution in [1.82, 2.24) is 4.90 Å². The molecule has 3 N–H and O–H groups in total. The third-order valence-electron chi connectivity index (χ3n) is 3.39. The van der Waals surface area contributed by atoms with Crippen molar-refractivity contribution in [1.29, 1.82) is 0 Å². The molecule has 0 saturated carbocycles. The third-order valence-corrected chi connectivity index (χ3v) is 3.39. The van der Waals surface area contributed by atoms with Crippen molar-refractivity contribution in [2.75, 3.05) is 31.6 Å². The zero-order valence-corrected chi connectivity index (χ0v) is 12.2. The molecule has 1 unspecified atom stereocenters. The largest absolute Gasteiger partial charge is 0.416 e. The second kappa shape index (κ2) is 7.14. The Balaban J connectivity index is 2.06. The molecular weight excluding hydrogens is 318 g/mol. The average molecular weight is 335 g/mol. The van der Waals surface area contributed by atoms with Crippen molar-refractivity contribution >= 4 is 11.7 Å². The SMILES string of the molecule is NCCC1CN(C(=O)Nc2cc(F)cc(C(F)(F)F)c2)CCO1. The fourth-order valence-electron chi connectivity index (χ4n) is 2.29. The third kappa shape index (κ3) is 4.80. The molecule has 1 aromatic carbocycles. The van der Waals surface area contributed by atoms with Crippen molar-refractivity contribution in [3.8, 4) is 0 Å². The monoisotopic (exact) mass is 335 g/mol. The second-order valence-corrected chi connectivity index (χ2v) is 5.17. The molecule has 1 heterocycles. The van der Waals surface area contributed by atoms with Crippen molar-refractivity contribution in [3.63, 3.8) is 0 Å². The lowest BCUT2D eigenvalue weighted by Gasteiger charge is -2.32. The molecule has 128 valence electrons. The van der Waals surface area contributed by atoms with E-state index in [0.717, 1.165) is 6.07 Å². The summed E-state index contributed by atoms with van der Waals surface area (Å²) >= 11 is 0. The zero-order valence-electron chi connectivity index (χ0n) is 12.2. The Morgan fingerprint density at radius 1 is 1.39 bits per heavy atom. The zero-order chi connectivity index (χ0) is 17.0. The van der Waals surface area contributed by atoms with Gasteiger partial charge in [0.25, 0.3) is 0 Å². The molecule has 0 bridgehead atoms. The van der Waals surface area contributed by atoms with Crippen LogP contribution in [0.15, 0.2) is 18.2 Å². The van der Waals surface area contributed by atoms with Gasteiger partial charge >= 0.3 is 12.2 Å². The smallest absolute Gasteiger partial charge is 0.374 e. The highest BCUT2D eigenvalue weighted by atomic mass is 19.4. The van der Waals surface area contributed by atoms with Gasteiger partial charge in [-0.2, -0.15) is 13.2 Å². The quantitative estimate of drug-likeness (QED) is 0.834. The van der Waals surface area contributed by atoms with E-state index >= 15 is 0 Å². The summed E-state index contributed by atoms with van der Waals surface area (Å²) in [6.07, 6.45) is -4.33. The Hall–Kier alpha value is -1.87. The number of urea groups is 1. The molecule has 1 aliphatic rings. The molecule has 0 aromatic heterocycles. The Morgan fingerprint density at radius 2 is 2.13 bits per heavy atom. The van der Waals surface area contributed by atoms with Gasteiger partial charge in [0.1, 0.15) is 5.82 Å². The number of hydrogen-bond donors (Lipinski definition) is 2. The lowest BCUT2D eigenvalue weighted by Crippen LogP contribution is -2.47. The summed E-state index contributed by atoms with van der Waals surface area (Å²) in [6.45, 7) is 1.30. The molecular formula is C14H17F4N3O2. The van der Waals surface area contributed by atoms with E-state index < -0.39 is 23.6 Å². The maximum absolute atomic E-state index is 13.3. The summed E-state index contributed by atoms with van der Waals surface area (Å²) in [4.78, 5) is 13.5. The average Bonchev–Trinajstić information content (AvgIpc) is 2.46. The van der Waals surface area contributed by atoms with Crippen LogP contribution < -0.4 is 11.1 Å². The van der Waals surface area contributed by atoms with Crippen LogP contribution >= 0.6 is 0 Å². The number of anilines is 1. The fraction of sp³-hybridized carbons (Fsp3) is 0.500. The van der Waals surface area contributed by atoms with Gasteiger partial charge in [0.2, 0.25) is 0 Å². The Morgan fingerprint density at radius 3 is 2.78 bits per heavy atom. The number of rotatable bonds is 3. The summed E-state index contributed by atoms with van der Waals surface area (Å²) in [5.74, 6) is -1.07. The fourth-order valence-corrected chi connectivity index (χ4v) is 2.29. The predicted molar refractivity (Wildman–Crippen MR) is 75.4 cm³/mol. The summed E-state index contributed by atoms with van der Waals surface area (Å²) in [5, 5.41) is 2.29. The number of carbonyl (C=O) groups is 1. The second-order valence-electron chi connectivity index (χ2n) is 5.17. The molecule has 1 saturated heterocycles. The molecule has 23 heavy (non-hydrogen) atoms. The predicted octanol–water partition coefficient (Wildman–Crippen LogP) is 2.43. The maximum Gasteiger partial charge on any atom is 0.416 e. The molecule has 1 aromatic rings. The minimum Gasteiger partial charge on any atom is -0.374 e. The maximum atomic E-state index is 13.3. The van der Waals surface area contributed by atoms with Gasteiger partial charge in [0.05, 0.1) is 18.3 Å². The van der Waals surface area contributed by atoms with E-state index in [0.29, 0.717) is 38.2 Å². The summed E-state index contributed by atoms with van der Waals surface area (Å²) in [5.41, 5.74) is 4.03. The first-order chi connectivity index (χ1) is 10.8. The van der Waals surface area contributed by atoms with Crippen LogP contribution in [0.2, 0.25) is 0 Å². The van der Waals surface area contributed by atoms with Gasteiger partial charge in [-0.05, 0) is 31.2 Å². The first kappa shape index (κ1) is 17.5. The number of nitrogens with zero attached hydrogens (tertiary/aromatic N) is 1. The van der Waals surface area contributed by atoms with Crippen LogP contribution in [0, 0.1) is 5.82 Å². The number of alkyl halides is 3. The number of morpholine rings is 1. The number of nitrogens with two attached hydrogens (primary N) is 1. The minimum absolute atomic E-state index is 0.210. The van der Waals surface area contributed by atoms with Gasteiger partial charge in [0.15, 0.2) is 0 Å². The lowest BCUT2D eigenvalue weighted by molar-refractivity contribution is -0.137. The highest BCUT2D eigenvalue weighted by Crippen LogP contribution is 2.31. The molecule has 1 fully saturated rings. The summed E-state index contributed by atoms with van der Waals surface area (Å²) in [7, 11) is 0. The molecule has 0 aliphatic carbocycles. The number of nitrogens with one attached hydrogen (secondary N) is 1. The van der Waals surface area contributed by atoms with Gasteiger partial charge in [-0.15, -0.1) is 0 Å². The van der Waals surface area contributed by atoms with E-state index in [1.807, 2.05) is 0 Å². The highest BCUT2D eigenvalue weighted by Gasteiger charge is 2.32. The normalized spacial score (nSPS) is 18.8. The van der Waals surface area contributed by atoms with Crippen LogP contribution in [0.5, 0.6) is 0 Å². The van der Waals surface area contributed by atoms with E-state index in [4.69, 9.17) is 10.5 Å². The van der Waals surface area contributed by atoms with E-state index in [-0.39, 0.29) is 18.3 Å². The molecule has 2 amide bonds. The first-order valence-corrected chi connectivity index (χ1v) is 7.05. The molecule has 5 nitrogen and oxygen atoms in total. The van der Waals surface area contributed by atoms with Crippen LogP contribution in [0.1, 0.15) is 12.0 Å². The Kier molecular flexibility index (Phi) is 5.42. The van der Waals surface area contributed by atoms with Crippen LogP contribution in [-0.2, 0) is 10.9 Å². The number of benzene rings is 1. The first-order valence-electron chi connectivity index (χ1n) is 7.05. The molecule has 1 aliphatic heterocycles. The molecule has 1 atom stereocenters. The van der Waals surface area contributed by atoms with Crippen LogP contribution in [0.25, 0.3) is 0 Å². The van der Waals surface area contributed by atoms with E-state index in [1.54, 1.807) is 0 Å². The van der Waals surface area contributed by atoms with Crippen molar-refractivity contribution < 1.29 is 27.1 Å². The Labute approximate surface area is 130 Å². The lowest BCUT2D eigenvalue weighted by atomic mass is 10.2. The van der Waals surface area contributed by atoms with Gasteiger partial charge in [-0.1, -0.05) is 0 Å². The number of carbonyl (C=O) groups excluding carboxylic acids is 1. The van der Waals surface area contributed by atoms with Crippen molar-refractivity contribution in [2.45, 2.75) is 18.7 Å². The van der Waals surface area contributed by atoms with Gasteiger partial charge in [0, 0.05) is 18.8 Å². The van der Waals surface area contributed by atoms with Crippen LogP contribution in [0.3, 0.4) is 0 Å². The molecule has 2 rings (SSSR count). The molecule has 9 heteroatoms. The number of amides is 2. The summed E-state index contributed by atoms with van der Waals surface area (Å²) < 4.78 is 56.7.